The number of carbonyl (C=O) groups excluding carboxylic acids is 1. The molecule has 94 valence electrons. The van der Waals surface area contributed by atoms with Crippen LogP contribution in [0, 0.1) is 5.92 Å². The monoisotopic (exact) mass is 230 g/mol. The van der Waals surface area contributed by atoms with Crippen LogP contribution in [0.3, 0.4) is 0 Å². The van der Waals surface area contributed by atoms with Crippen molar-refractivity contribution >= 4 is 5.97 Å². The van der Waals surface area contributed by atoms with Gasteiger partial charge in [0.2, 0.25) is 0 Å². The maximum Gasteiger partial charge on any atom is 0.335 e. The summed E-state index contributed by atoms with van der Waals surface area (Å²) in [6, 6.07) is 0. The third-order valence-electron chi connectivity index (χ3n) is 2.99. The lowest BCUT2D eigenvalue weighted by atomic mass is 9.89. The van der Waals surface area contributed by atoms with Crippen molar-refractivity contribution in [1.82, 2.24) is 0 Å². The second-order valence-corrected chi connectivity index (χ2v) is 4.26. The van der Waals surface area contributed by atoms with E-state index in [9.17, 15) is 9.90 Å². The molecule has 1 saturated heterocycles. The first-order chi connectivity index (χ1) is 7.69. The van der Waals surface area contributed by atoms with Gasteiger partial charge in [0.15, 0.2) is 6.10 Å². The number of hydrogen-bond donors (Lipinski definition) is 1. The predicted molar refractivity (Wildman–Crippen MR) is 60.0 cm³/mol. The van der Waals surface area contributed by atoms with E-state index in [4.69, 9.17) is 9.47 Å². The highest BCUT2D eigenvalue weighted by atomic mass is 16.5. The second kappa shape index (κ2) is 6.86. The summed E-state index contributed by atoms with van der Waals surface area (Å²) in [7, 11) is 0. The van der Waals surface area contributed by atoms with Gasteiger partial charge in [0, 0.05) is 12.5 Å². The lowest BCUT2D eigenvalue weighted by Gasteiger charge is -2.31. The molecule has 16 heavy (non-hydrogen) atoms. The molecule has 1 aliphatic heterocycles. The normalized spacial score (nSPS) is 27.4. The van der Waals surface area contributed by atoms with Gasteiger partial charge >= 0.3 is 5.97 Å². The molecule has 0 aliphatic carbocycles. The molecule has 4 nitrogen and oxygen atoms in total. The Morgan fingerprint density at radius 3 is 2.94 bits per heavy atom. The fraction of sp³-hybridized carbons (Fsp3) is 0.917. The average Bonchev–Trinajstić information content (AvgIpc) is 2.29. The number of aliphatic hydroxyl groups is 1. The summed E-state index contributed by atoms with van der Waals surface area (Å²) < 4.78 is 10.4. The molecule has 1 rings (SSSR count). The largest absolute Gasteiger partial charge is 0.464 e. The molecule has 3 atom stereocenters. The van der Waals surface area contributed by atoms with Crippen molar-refractivity contribution in [2.45, 2.75) is 51.7 Å². The average molecular weight is 230 g/mol. The van der Waals surface area contributed by atoms with Gasteiger partial charge in [-0.15, -0.1) is 0 Å². The fourth-order valence-corrected chi connectivity index (χ4v) is 2.14. The van der Waals surface area contributed by atoms with Crippen molar-refractivity contribution in [2.24, 2.45) is 5.92 Å². The molecule has 0 radical (unpaired) electrons. The molecule has 1 N–H and O–H groups in total. The molecular weight excluding hydrogens is 208 g/mol. The Morgan fingerprint density at radius 2 is 2.31 bits per heavy atom. The maximum absolute atomic E-state index is 11.4. The van der Waals surface area contributed by atoms with E-state index in [0.29, 0.717) is 13.2 Å². The van der Waals surface area contributed by atoms with Crippen LogP contribution in [-0.2, 0) is 14.3 Å². The van der Waals surface area contributed by atoms with Crippen molar-refractivity contribution in [2.75, 3.05) is 13.2 Å². The molecule has 0 aromatic carbocycles. The highest BCUT2D eigenvalue weighted by Crippen LogP contribution is 2.26. The van der Waals surface area contributed by atoms with Gasteiger partial charge in [0.1, 0.15) is 0 Å². The van der Waals surface area contributed by atoms with Crippen LogP contribution in [0.25, 0.3) is 0 Å². The number of hydrogen-bond acceptors (Lipinski definition) is 4. The zero-order chi connectivity index (χ0) is 12.0. The van der Waals surface area contributed by atoms with E-state index in [1.165, 1.54) is 0 Å². The minimum atomic E-state index is -0.983. The molecule has 0 bridgehead atoms. The van der Waals surface area contributed by atoms with E-state index in [-0.39, 0.29) is 12.0 Å². The molecule has 1 aliphatic rings. The minimum Gasteiger partial charge on any atom is -0.464 e. The Bertz CT molecular complexity index is 215. The van der Waals surface area contributed by atoms with E-state index >= 15 is 0 Å². The van der Waals surface area contributed by atoms with Crippen molar-refractivity contribution in [3.8, 4) is 0 Å². The van der Waals surface area contributed by atoms with Crippen LogP contribution in [0.2, 0.25) is 0 Å². The lowest BCUT2D eigenvalue weighted by molar-refractivity contribution is -0.159. The summed E-state index contributed by atoms with van der Waals surface area (Å²) in [5.41, 5.74) is 0. The van der Waals surface area contributed by atoms with Gasteiger partial charge in [-0.1, -0.05) is 13.3 Å². The van der Waals surface area contributed by atoms with E-state index in [2.05, 4.69) is 6.92 Å². The number of ether oxygens (including phenoxy) is 2. The quantitative estimate of drug-likeness (QED) is 0.727. The molecule has 4 heteroatoms. The zero-order valence-corrected chi connectivity index (χ0v) is 10.1. The molecule has 1 heterocycles. The number of aliphatic hydroxyl groups excluding tert-OH is 1. The van der Waals surface area contributed by atoms with Crippen LogP contribution in [0.1, 0.15) is 39.5 Å². The highest BCUT2D eigenvalue weighted by molar-refractivity contribution is 5.74. The molecular formula is C12H22O4. The molecule has 0 aromatic rings. The number of rotatable bonds is 5. The second-order valence-electron chi connectivity index (χ2n) is 4.26. The number of esters is 1. The summed E-state index contributed by atoms with van der Waals surface area (Å²) in [6.07, 6.45) is 2.75. The van der Waals surface area contributed by atoms with E-state index in [0.717, 1.165) is 25.7 Å². The number of carbonyl (C=O) groups is 1. The highest BCUT2D eigenvalue weighted by Gasteiger charge is 2.32. The molecule has 0 saturated carbocycles. The van der Waals surface area contributed by atoms with E-state index in [1.807, 2.05) is 0 Å². The lowest BCUT2D eigenvalue weighted by Crippen LogP contribution is -2.38. The Balaban J connectivity index is 2.43. The van der Waals surface area contributed by atoms with Gasteiger partial charge in [-0.2, -0.15) is 0 Å². The summed E-state index contributed by atoms with van der Waals surface area (Å²) >= 11 is 0. The van der Waals surface area contributed by atoms with Crippen LogP contribution in [0.4, 0.5) is 0 Å². The summed E-state index contributed by atoms with van der Waals surface area (Å²) in [5, 5.41) is 9.83. The van der Waals surface area contributed by atoms with E-state index < -0.39 is 12.1 Å². The molecule has 3 unspecified atom stereocenters. The molecule has 0 amide bonds. The first kappa shape index (κ1) is 13.5. The maximum atomic E-state index is 11.4. The van der Waals surface area contributed by atoms with Crippen LogP contribution in [0.5, 0.6) is 0 Å². The van der Waals surface area contributed by atoms with Gasteiger partial charge in [0.25, 0.3) is 0 Å². The van der Waals surface area contributed by atoms with Crippen molar-refractivity contribution < 1.29 is 19.4 Å². The van der Waals surface area contributed by atoms with E-state index in [1.54, 1.807) is 6.92 Å². The van der Waals surface area contributed by atoms with Gasteiger partial charge in [-0.05, 0) is 26.2 Å². The standard InChI is InChI=1S/C12H22O4/c1-3-5-10-8-9(6-7-16-10)11(13)12(14)15-4-2/h9-11,13H,3-8H2,1-2H3. The van der Waals surface area contributed by atoms with Crippen molar-refractivity contribution in [3.63, 3.8) is 0 Å². The summed E-state index contributed by atoms with van der Waals surface area (Å²) in [6.45, 7) is 4.80. The first-order valence-corrected chi connectivity index (χ1v) is 6.15. The Labute approximate surface area is 96.9 Å². The van der Waals surface area contributed by atoms with Crippen molar-refractivity contribution in [3.05, 3.63) is 0 Å². The van der Waals surface area contributed by atoms with Gasteiger partial charge < -0.3 is 14.6 Å². The smallest absolute Gasteiger partial charge is 0.335 e. The van der Waals surface area contributed by atoms with Crippen LogP contribution in [-0.4, -0.2) is 36.5 Å². The van der Waals surface area contributed by atoms with Crippen LogP contribution in [0.15, 0.2) is 0 Å². The molecule has 0 aromatic heterocycles. The Morgan fingerprint density at radius 1 is 1.56 bits per heavy atom. The Kier molecular flexibility index (Phi) is 5.77. The van der Waals surface area contributed by atoms with Crippen LogP contribution < -0.4 is 0 Å². The first-order valence-electron chi connectivity index (χ1n) is 6.15. The molecule has 1 fully saturated rings. The third-order valence-corrected chi connectivity index (χ3v) is 2.99. The molecule has 0 spiro atoms. The third kappa shape index (κ3) is 3.76. The van der Waals surface area contributed by atoms with Gasteiger partial charge in [-0.3, -0.25) is 0 Å². The predicted octanol–water partition coefficient (Wildman–Crippen LogP) is 1.51. The van der Waals surface area contributed by atoms with Crippen LogP contribution >= 0.6 is 0 Å². The van der Waals surface area contributed by atoms with Gasteiger partial charge in [-0.25, -0.2) is 4.79 Å². The Hall–Kier alpha value is -0.610. The minimum absolute atomic E-state index is 0.00986. The summed E-state index contributed by atoms with van der Waals surface area (Å²) in [4.78, 5) is 11.4. The topological polar surface area (TPSA) is 55.8 Å². The van der Waals surface area contributed by atoms with Gasteiger partial charge in [0.05, 0.1) is 12.7 Å². The SMILES string of the molecule is CCCC1CC(C(O)C(=O)OCC)CCO1. The zero-order valence-electron chi connectivity index (χ0n) is 10.1. The van der Waals surface area contributed by atoms with Crippen molar-refractivity contribution in [1.29, 1.82) is 0 Å². The fourth-order valence-electron chi connectivity index (χ4n) is 2.14. The summed E-state index contributed by atoms with van der Waals surface area (Å²) in [5.74, 6) is -0.506.